The number of fused-ring (bicyclic) bond motifs is 1. The minimum Gasteiger partial charge on any atom is -0.544 e. The van der Waals surface area contributed by atoms with Crippen molar-refractivity contribution in [2.45, 2.75) is 19.4 Å². The van der Waals surface area contributed by atoms with Gasteiger partial charge in [0.2, 0.25) is 0 Å². The molecule has 5 nitrogen and oxygen atoms in total. The zero-order valence-electron chi connectivity index (χ0n) is 14.5. The molecule has 1 aromatic heterocycles. The maximum absolute atomic E-state index is 13.8. The summed E-state index contributed by atoms with van der Waals surface area (Å²) in [4.78, 5) is 10.7. The predicted molar refractivity (Wildman–Crippen MR) is 88.6 cm³/mol. The van der Waals surface area contributed by atoms with Crippen LogP contribution in [0.2, 0.25) is 5.02 Å². The predicted octanol–water partition coefficient (Wildman–Crippen LogP) is -0.236. The zero-order chi connectivity index (χ0) is 19.1. The molecule has 0 atom stereocenters. The number of nitrogens with zero attached hydrogens (tertiary/aromatic N) is 3. The standard InChI is InChI=1S/C18H12ClF2N3O2.K/c1-10-13-6-5-12(18(20,21)17(25)26)7-16(13)24(23-10)9-14-11(8-22)3-2-4-15(14)19;/h2-7H,9H2,1H3,(H,25,26);/q;+1/p-1. The van der Waals surface area contributed by atoms with Gasteiger partial charge >= 0.3 is 57.3 Å². The number of carboxylic acids is 1. The fourth-order valence-electron chi connectivity index (χ4n) is 2.75. The van der Waals surface area contributed by atoms with Gasteiger partial charge in [-0.15, -0.1) is 0 Å². The molecule has 3 rings (SSSR count). The zero-order valence-corrected chi connectivity index (χ0v) is 18.3. The summed E-state index contributed by atoms with van der Waals surface area (Å²) >= 11 is 6.16. The van der Waals surface area contributed by atoms with E-state index in [4.69, 9.17) is 11.6 Å². The van der Waals surface area contributed by atoms with Crippen LogP contribution in [0.3, 0.4) is 0 Å². The van der Waals surface area contributed by atoms with Crippen molar-refractivity contribution >= 4 is 28.5 Å². The largest absolute Gasteiger partial charge is 1.00 e. The second-order valence-corrected chi connectivity index (χ2v) is 6.12. The maximum atomic E-state index is 13.8. The number of aliphatic carboxylic acids is 1. The van der Waals surface area contributed by atoms with E-state index in [1.54, 1.807) is 25.1 Å². The van der Waals surface area contributed by atoms with Crippen LogP contribution in [0, 0.1) is 18.3 Å². The molecule has 0 N–H and O–H groups in total. The second kappa shape index (κ2) is 8.35. The molecule has 0 aliphatic carbocycles. The molecule has 0 radical (unpaired) electrons. The first-order valence-electron chi connectivity index (χ1n) is 7.50. The number of alkyl halides is 2. The summed E-state index contributed by atoms with van der Waals surface area (Å²) in [5.41, 5.74) is 1.03. The molecule has 0 fully saturated rings. The molecule has 132 valence electrons. The number of carbonyl (C=O) groups is 1. The molecule has 1 heterocycles. The van der Waals surface area contributed by atoms with E-state index < -0.39 is 17.5 Å². The van der Waals surface area contributed by atoms with Gasteiger partial charge in [0.15, 0.2) is 0 Å². The first-order valence-corrected chi connectivity index (χ1v) is 7.88. The number of hydrogen-bond donors (Lipinski definition) is 0. The molecule has 0 unspecified atom stereocenters. The number of halogens is 3. The molecule has 0 bridgehead atoms. The summed E-state index contributed by atoms with van der Waals surface area (Å²) in [6.45, 7) is 1.78. The molecule has 0 amide bonds. The van der Waals surface area contributed by atoms with Crippen LogP contribution in [0.15, 0.2) is 36.4 Å². The molecule has 9 heteroatoms. The van der Waals surface area contributed by atoms with E-state index in [9.17, 15) is 23.9 Å². The maximum Gasteiger partial charge on any atom is 1.00 e. The van der Waals surface area contributed by atoms with Crippen molar-refractivity contribution in [2.24, 2.45) is 0 Å². The Hall–Kier alpha value is -1.34. The number of rotatable bonds is 4. The molecular weight excluding hydrogens is 403 g/mol. The van der Waals surface area contributed by atoms with Crippen molar-refractivity contribution in [2.75, 3.05) is 0 Å². The number of hydrogen-bond acceptors (Lipinski definition) is 4. The molecule has 3 aromatic rings. The molecule has 2 aromatic carbocycles. The third-order valence-electron chi connectivity index (χ3n) is 4.10. The minimum absolute atomic E-state index is 0. The van der Waals surface area contributed by atoms with E-state index in [0.29, 0.717) is 32.7 Å². The van der Waals surface area contributed by atoms with Gasteiger partial charge in [0.1, 0.15) is 5.97 Å². The van der Waals surface area contributed by atoms with Crippen LogP contribution in [0.4, 0.5) is 8.78 Å². The SMILES string of the molecule is Cc1nn(Cc2c(Cl)cccc2C#N)c2cc(C(F)(F)C(=O)[O-])ccc12.[K+]. The van der Waals surface area contributed by atoms with Gasteiger partial charge in [0.05, 0.1) is 29.4 Å². The molecular formula is C18H11ClF2KN3O2. The van der Waals surface area contributed by atoms with Crippen molar-refractivity contribution in [1.82, 2.24) is 9.78 Å². The smallest absolute Gasteiger partial charge is 0.544 e. The van der Waals surface area contributed by atoms with Crippen molar-refractivity contribution in [3.05, 3.63) is 63.8 Å². The average molecular weight is 414 g/mol. The Labute approximate surface area is 201 Å². The minimum atomic E-state index is -4.13. The van der Waals surface area contributed by atoms with Crippen LogP contribution in [0.5, 0.6) is 0 Å². The number of nitriles is 1. The molecule has 0 spiro atoms. The van der Waals surface area contributed by atoms with Crippen molar-refractivity contribution in [3.8, 4) is 6.07 Å². The van der Waals surface area contributed by atoms with Gasteiger partial charge < -0.3 is 9.90 Å². The Kier molecular flexibility index (Phi) is 6.79. The Morgan fingerprint density at radius 3 is 2.70 bits per heavy atom. The van der Waals surface area contributed by atoms with Gasteiger partial charge in [-0.1, -0.05) is 29.8 Å². The fourth-order valence-corrected chi connectivity index (χ4v) is 2.98. The number of benzene rings is 2. The summed E-state index contributed by atoms with van der Waals surface area (Å²) in [6.07, 6.45) is 0. The van der Waals surface area contributed by atoms with Crippen LogP contribution in [0.1, 0.15) is 22.4 Å². The third-order valence-corrected chi connectivity index (χ3v) is 4.46. The van der Waals surface area contributed by atoms with E-state index >= 15 is 0 Å². The van der Waals surface area contributed by atoms with E-state index in [0.717, 1.165) is 12.1 Å². The van der Waals surface area contributed by atoms with Gasteiger partial charge in [-0.3, -0.25) is 4.68 Å². The third kappa shape index (κ3) is 4.09. The first-order chi connectivity index (χ1) is 12.3. The van der Waals surface area contributed by atoms with Gasteiger partial charge in [-0.2, -0.15) is 19.1 Å². The molecule has 27 heavy (non-hydrogen) atoms. The summed E-state index contributed by atoms with van der Waals surface area (Å²) in [7, 11) is 0. The number of aryl methyl sites for hydroxylation is 1. The molecule has 0 aliphatic rings. The Bertz CT molecular complexity index is 1080. The molecule has 0 aliphatic heterocycles. The normalized spacial score (nSPS) is 11.1. The van der Waals surface area contributed by atoms with Crippen molar-refractivity contribution in [1.29, 1.82) is 5.26 Å². The summed E-state index contributed by atoms with van der Waals surface area (Å²) < 4.78 is 29.0. The van der Waals surface area contributed by atoms with Crippen LogP contribution >= 0.6 is 11.6 Å². The van der Waals surface area contributed by atoms with Gasteiger partial charge in [-0.05, 0) is 25.1 Å². The van der Waals surface area contributed by atoms with E-state index in [-0.39, 0.29) is 57.9 Å². The molecule has 0 saturated carbocycles. The van der Waals surface area contributed by atoms with Gasteiger partial charge in [0, 0.05) is 21.5 Å². The topological polar surface area (TPSA) is 81.7 Å². The Morgan fingerprint density at radius 2 is 2.07 bits per heavy atom. The Morgan fingerprint density at radius 1 is 1.37 bits per heavy atom. The first kappa shape index (κ1) is 22.0. The second-order valence-electron chi connectivity index (χ2n) is 5.71. The summed E-state index contributed by atoms with van der Waals surface area (Å²) in [6, 6.07) is 10.4. The number of carboxylic acid groups (broad SMARTS) is 1. The quantitative estimate of drug-likeness (QED) is 0.553. The van der Waals surface area contributed by atoms with E-state index in [1.807, 2.05) is 6.07 Å². The van der Waals surface area contributed by atoms with Crippen molar-refractivity contribution in [3.63, 3.8) is 0 Å². The van der Waals surface area contributed by atoms with Crippen LogP contribution in [-0.2, 0) is 17.3 Å². The summed E-state index contributed by atoms with van der Waals surface area (Å²) in [5, 5.41) is 25.2. The average Bonchev–Trinajstić information content (AvgIpc) is 2.92. The van der Waals surface area contributed by atoms with Gasteiger partial charge in [0.25, 0.3) is 0 Å². The van der Waals surface area contributed by atoms with Crippen LogP contribution in [0.25, 0.3) is 10.9 Å². The Balaban J connectivity index is 0.00000261. The number of aromatic nitrogens is 2. The van der Waals surface area contributed by atoms with Gasteiger partial charge in [-0.25, -0.2) is 0 Å². The van der Waals surface area contributed by atoms with E-state index in [2.05, 4.69) is 5.10 Å². The van der Waals surface area contributed by atoms with Crippen LogP contribution < -0.4 is 56.5 Å². The van der Waals surface area contributed by atoms with E-state index in [1.165, 1.54) is 10.7 Å². The number of carbonyl (C=O) groups excluding carboxylic acids is 1. The summed E-state index contributed by atoms with van der Waals surface area (Å²) in [5.74, 6) is -6.60. The van der Waals surface area contributed by atoms with Crippen LogP contribution in [-0.4, -0.2) is 15.7 Å². The monoisotopic (exact) mass is 413 g/mol. The molecule has 0 saturated heterocycles. The fraction of sp³-hybridized carbons (Fsp3) is 0.167. The van der Waals surface area contributed by atoms with Crippen molar-refractivity contribution < 1.29 is 70.1 Å².